The molecule has 2 aliphatic rings. The molecule has 0 bridgehead atoms. The summed E-state index contributed by atoms with van der Waals surface area (Å²) in [7, 11) is 0. The van der Waals surface area contributed by atoms with Gasteiger partial charge in [0.1, 0.15) is 17.5 Å². The van der Waals surface area contributed by atoms with E-state index in [9.17, 15) is 8.78 Å². The van der Waals surface area contributed by atoms with Crippen LogP contribution in [0.1, 0.15) is 0 Å². The van der Waals surface area contributed by atoms with E-state index in [1.165, 1.54) is 0 Å². The zero-order valence-corrected chi connectivity index (χ0v) is 12.8. The molecule has 1 heterocycles. The Morgan fingerprint density at radius 1 is 0.955 bits per heavy atom. The summed E-state index contributed by atoms with van der Waals surface area (Å²) in [5.74, 6) is -0.415. The summed E-state index contributed by atoms with van der Waals surface area (Å²) in [6.45, 7) is 0. The van der Waals surface area contributed by atoms with Gasteiger partial charge in [0.25, 0.3) is 0 Å². The summed E-state index contributed by atoms with van der Waals surface area (Å²) in [5, 5.41) is 11.0. The zero-order chi connectivity index (χ0) is 15.3. The van der Waals surface area contributed by atoms with Crippen molar-refractivity contribution in [2.75, 3.05) is 5.32 Å². The number of hydrogen-bond donors (Lipinski definition) is 3. The lowest BCUT2D eigenvalue weighted by molar-refractivity contribution is 0.603. The summed E-state index contributed by atoms with van der Waals surface area (Å²) < 4.78 is 28.0. The number of nitrogens with one attached hydrogen (secondary N) is 3. The Kier molecular flexibility index (Phi) is 2.94. The molecule has 0 atom stereocenters. The molecule has 0 fully saturated rings. The number of benzene rings is 2. The van der Waals surface area contributed by atoms with E-state index >= 15 is 0 Å². The number of fused-ring (bicyclic) bond motifs is 3. The van der Waals surface area contributed by atoms with Gasteiger partial charge in [-0.15, -0.1) is 0 Å². The maximum Gasteiger partial charge on any atom is 0.146 e. The molecule has 4 rings (SSSR count). The first-order valence-electron chi connectivity index (χ1n) is 6.62. The average Bonchev–Trinajstić information content (AvgIpc) is 3.02. The van der Waals surface area contributed by atoms with Crippen molar-refractivity contribution < 1.29 is 8.78 Å². The van der Waals surface area contributed by atoms with Crippen LogP contribution in [0.4, 0.5) is 20.3 Å². The quantitative estimate of drug-likeness (QED) is 0.440. The number of hydrogen-bond acceptors (Lipinski definition) is 1. The van der Waals surface area contributed by atoms with E-state index in [1.807, 2.05) is 24.3 Å². The van der Waals surface area contributed by atoms with E-state index in [4.69, 9.17) is 0 Å². The third-order valence-electron chi connectivity index (χ3n) is 3.62. The summed E-state index contributed by atoms with van der Waals surface area (Å²) in [6.07, 6.45) is 0. The Morgan fingerprint density at radius 2 is 1.82 bits per heavy atom. The van der Waals surface area contributed by atoms with Gasteiger partial charge in [0.2, 0.25) is 0 Å². The van der Waals surface area contributed by atoms with E-state index < -0.39 is 11.6 Å². The fraction of sp³-hybridized carbons (Fsp3) is 0. The highest BCUT2D eigenvalue weighted by atomic mass is 79.9. The maximum absolute atomic E-state index is 13.8. The molecule has 1 aliphatic carbocycles. The fourth-order valence-corrected chi connectivity index (χ4v) is 2.98. The van der Waals surface area contributed by atoms with Crippen molar-refractivity contribution in [3.63, 3.8) is 0 Å². The van der Waals surface area contributed by atoms with Crippen LogP contribution in [-0.2, 0) is 0 Å². The van der Waals surface area contributed by atoms with E-state index in [0.717, 1.165) is 44.7 Å². The van der Waals surface area contributed by atoms with Gasteiger partial charge in [0, 0.05) is 21.5 Å². The molecule has 0 unspecified atom stereocenters. The molecule has 0 aromatic heterocycles. The molecule has 22 heavy (non-hydrogen) atoms. The normalized spacial score (nSPS) is 11.4. The van der Waals surface area contributed by atoms with Crippen molar-refractivity contribution >= 4 is 38.2 Å². The first-order valence-corrected chi connectivity index (χ1v) is 7.41. The lowest BCUT2D eigenvalue weighted by Crippen LogP contribution is -1.95. The summed E-state index contributed by atoms with van der Waals surface area (Å²) in [4.78, 5) is 0. The predicted octanol–water partition coefficient (Wildman–Crippen LogP) is 5.39. The number of aromatic amines is 2. The molecule has 2 aromatic rings. The Morgan fingerprint density at radius 3 is 2.68 bits per heavy atom. The Hall–Kier alpha value is -2.34. The van der Waals surface area contributed by atoms with Gasteiger partial charge in [-0.05, 0) is 35.7 Å². The van der Waals surface area contributed by atoms with Crippen LogP contribution in [0.3, 0.4) is 0 Å². The van der Waals surface area contributed by atoms with Crippen LogP contribution in [0.2, 0.25) is 0 Å². The van der Waals surface area contributed by atoms with Gasteiger partial charge in [-0.2, -0.15) is 0 Å². The molecule has 0 spiro atoms. The third kappa shape index (κ3) is 2.07. The van der Waals surface area contributed by atoms with Crippen molar-refractivity contribution in [3.8, 4) is 11.3 Å². The molecular formula is C16H10BrF2N3. The predicted molar refractivity (Wildman–Crippen MR) is 86.6 cm³/mol. The van der Waals surface area contributed by atoms with Crippen LogP contribution in [0, 0.1) is 11.6 Å². The van der Waals surface area contributed by atoms with Gasteiger partial charge in [0.05, 0.1) is 11.4 Å². The van der Waals surface area contributed by atoms with Crippen molar-refractivity contribution in [3.05, 3.63) is 58.6 Å². The molecule has 0 saturated heterocycles. The Balaban J connectivity index is 1.81. The van der Waals surface area contributed by atoms with Crippen molar-refractivity contribution in [1.82, 2.24) is 10.2 Å². The molecule has 2 aromatic carbocycles. The first kappa shape index (κ1) is 13.3. The van der Waals surface area contributed by atoms with E-state index in [1.54, 1.807) is 0 Å². The standard InChI is InChI=1S/C16H10BrF2N3/c17-9-1-3-11-8(5-9)6-12-15(11)21-22-16(12)20-14-7-10(18)2-4-13(14)19/h1-7,20-22H. The molecule has 1 aliphatic heterocycles. The lowest BCUT2D eigenvalue weighted by atomic mass is 10.2. The molecule has 3 N–H and O–H groups in total. The molecule has 0 amide bonds. The van der Waals surface area contributed by atoms with E-state index in [-0.39, 0.29) is 5.69 Å². The van der Waals surface area contributed by atoms with E-state index in [2.05, 4.69) is 31.4 Å². The second-order valence-corrected chi connectivity index (χ2v) is 5.95. The minimum absolute atomic E-state index is 0.0867. The van der Waals surface area contributed by atoms with Crippen LogP contribution < -0.4 is 5.32 Å². The van der Waals surface area contributed by atoms with E-state index in [0.29, 0.717) is 5.82 Å². The Bertz CT molecular complexity index is 957. The number of anilines is 2. The molecule has 110 valence electrons. The van der Waals surface area contributed by atoms with Crippen molar-refractivity contribution in [2.45, 2.75) is 0 Å². The minimum atomic E-state index is -0.511. The van der Waals surface area contributed by atoms with Crippen LogP contribution in [0.5, 0.6) is 0 Å². The molecule has 3 nitrogen and oxygen atoms in total. The third-order valence-corrected chi connectivity index (χ3v) is 4.12. The maximum atomic E-state index is 13.8. The fourth-order valence-electron chi connectivity index (χ4n) is 2.60. The van der Waals surface area contributed by atoms with Gasteiger partial charge in [-0.25, -0.2) is 8.78 Å². The smallest absolute Gasteiger partial charge is 0.146 e. The Labute approximate surface area is 132 Å². The van der Waals surface area contributed by atoms with Gasteiger partial charge in [-0.3, -0.25) is 10.2 Å². The summed E-state index contributed by atoms with van der Waals surface area (Å²) in [6, 6.07) is 11.3. The number of aromatic nitrogens is 2. The number of halogens is 3. The molecule has 6 heteroatoms. The monoisotopic (exact) mass is 361 g/mol. The SMILES string of the molecule is Fc1ccc(F)c(Nc2[nH][nH]c3c4ccc(Br)cc4cc2-3)c1. The number of H-pyrrole nitrogens is 2. The van der Waals surface area contributed by atoms with Gasteiger partial charge >= 0.3 is 0 Å². The molecule has 0 saturated carbocycles. The molecular weight excluding hydrogens is 352 g/mol. The van der Waals surface area contributed by atoms with Gasteiger partial charge in [0.15, 0.2) is 0 Å². The summed E-state index contributed by atoms with van der Waals surface area (Å²) in [5.41, 5.74) is 1.89. The highest BCUT2D eigenvalue weighted by Gasteiger charge is 2.17. The highest BCUT2D eigenvalue weighted by molar-refractivity contribution is 9.10. The molecule has 0 radical (unpaired) electrons. The van der Waals surface area contributed by atoms with Gasteiger partial charge < -0.3 is 5.32 Å². The number of rotatable bonds is 2. The topological polar surface area (TPSA) is 43.6 Å². The zero-order valence-electron chi connectivity index (χ0n) is 11.2. The van der Waals surface area contributed by atoms with Crippen LogP contribution in [0.15, 0.2) is 46.9 Å². The van der Waals surface area contributed by atoms with Crippen molar-refractivity contribution in [1.29, 1.82) is 0 Å². The first-order chi connectivity index (χ1) is 10.6. The van der Waals surface area contributed by atoms with Crippen LogP contribution in [0.25, 0.3) is 22.0 Å². The lowest BCUT2D eigenvalue weighted by Gasteiger charge is -2.06. The van der Waals surface area contributed by atoms with Crippen molar-refractivity contribution in [2.24, 2.45) is 0 Å². The largest absolute Gasteiger partial charge is 0.338 e. The average molecular weight is 362 g/mol. The second kappa shape index (κ2) is 4.84. The highest BCUT2D eigenvalue weighted by Crippen LogP contribution is 2.39. The summed E-state index contributed by atoms with van der Waals surface area (Å²) >= 11 is 3.44. The van der Waals surface area contributed by atoms with Crippen LogP contribution in [-0.4, -0.2) is 10.2 Å². The second-order valence-electron chi connectivity index (χ2n) is 5.04. The minimum Gasteiger partial charge on any atom is -0.338 e. The van der Waals surface area contributed by atoms with Crippen LogP contribution >= 0.6 is 15.9 Å². The van der Waals surface area contributed by atoms with Gasteiger partial charge in [-0.1, -0.05) is 22.0 Å².